The van der Waals surface area contributed by atoms with Gasteiger partial charge in [-0.2, -0.15) is 0 Å². The normalized spacial score (nSPS) is 25.1. The van der Waals surface area contributed by atoms with E-state index in [1.165, 1.54) is 6.42 Å². The molecular formula is C25H30N2O4S. The lowest BCUT2D eigenvalue weighted by Crippen LogP contribution is -2.36. The highest BCUT2D eigenvalue weighted by Gasteiger charge is 2.38. The summed E-state index contributed by atoms with van der Waals surface area (Å²) in [5.74, 6) is 0.976. The fraction of sp³-hybridized carbons (Fsp3) is 0.440. The van der Waals surface area contributed by atoms with Gasteiger partial charge in [-0.25, -0.2) is 13.1 Å². The Morgan fingerprint density at radius 1 is 1.09 bits per heavy atom. The lowest BCUT2D eigenvalue weighted by atomic mass is 9.77. The van der Waals surface area contributed by atoms with Crippen molar-refractivity contribution in [3.05, 3.63) is 59.7 Å². The van der Waals surface area contributed by atoms with Gasteiger partial charge in [0.25, 0.3) is 0 Å². The average Bonchev–Trinajstić information content (AvgIpc) is 3.29. The number of phenols is 1. The van der Waals surface area contributed by atoms with Gasteiger partial charge in [0.2, 0.25) is 10.0 Å². The molecule has 0 saturated heterocycles. The van der Waals surface area contributed by atoms with E-state index in [0.717, 1.165) is 48.9 Å². The average molecular weight is 455 g/mol. The number of anilines is 1. The highest BCUT2D eigenvalue weighted by Crippen LogP contribution is 2.50. The molecule has 0 radical (unpaired) electrons. The highest BCUT2D eigenvalue weighted by molar-refractivity contribution is 7.89. The third-order valence-electron chi connectivity index (χ3n) is 7.13. The Bertz CT molecular complexity index is 1140. The molecule has 1 fully saturated rings. The maximum absolute atomic E-state index is 13.1. The lowest BCUT2D eigenvalue weighted by Gasteiger charge is -2.38. The van der Waals surface area contributed by atoms with Crippen molar-refractivity contribution in [3.63, 3.8) is 0 Å². The van der Waals surface area contributed by atoms with Gasteiger partial charge in [-0.05, 0) is 66.6 Å². The number of allylic oxidation sites excluding steroid dienone is 2. The minimum Gasteiger partial charge on any atom is -0.504 e. The summed E-state index contributed by atoms with van der Waals surface area (Å²) in [5, 5.41) is 13.6. The Hall–Kier alpha value is -2.51. The Balaban J connectivity index is 1.45. The third-order valence-corrected chi connectivity index (χ3v) is 8.65. The molecule has 2 aromatic rings. The van der Waals surface area contributed by atoms with Crippen molar-refractivity contribution in [2.24, 2.45) is 5.92 Å². The van der Waals surface area contributed by atoms with E-state index < -0.39 is 10.0 Å². The summed E-state index contributed by atoms with van der Waals surface area (Å²) in [6.45, 7) is 0. The summed E-state index contributed by atoms with van der Waals surface area (Å²) >= 11 is 0. The van der Waals surface area contributed by atoms with Crippen LogP contribution in [0.3, 0.4) is 0 Å². The van der Waals surface area contributed by atoms with Crippen LogP contribution in [0.2, 0.25) is 0 Å². The molecule has 6 nitrogen and oxygen atoms in total. The minimum absolute atomic E-state index is 0.0379. The number of ether oxygens (including phenoxy) is 1. The first kappa shape index (κ1) is 21.3. The molecular weight excluding hydrogens is 424 g/mol. The minimum atomic E-state index is -3.55. The summed E-state index contributed by atoms with van der Waals surface area (Å²) in [6.07, 6.45) is 10.5. The molecule has 0 bridgehead atoms. The van der Waals surface area contributed by atoms with Crippen LogP contribution in [-0.4, -0.2) is 26.7 Å². The molecule has 2 aliphatic carbocycles. The smallest absolute Gasteiger partial charge is 0.240 e. The number of sulfonamides is 1. The van der Waals surface area contributed by atoms with Gasteiger partial charge < -0.3 is 15.2 Å². The van der Waals surface area contributed by atoms with Gasteiger partial charge in [0.05, 0.1) is 18.0 Å². The van der Waals surface area contributed by atoms with Crippen molar-refractivity contribution in [3.8, 4) is 11.5 Å². The van der Waals surface area contributed by atoms with Crippen LogP contribution in [-0.2, 0) is 10.0 Å². The van der Waals surface area contributed by atoms with Crippen molar-refractivity contribution in [2.45, 2.75) is 61.4 Å². The number of rotatable bonds is 5. The van der Waals surface area contributed by atoms with E-state index in [1.54, 1.807) is 19.2 Å². The fourth-order valence-electron chi connectivity index (χ4n) is 5.47. The second-order valence-corrected chi connectivity index (χ2v) is 10.8. The predicted molar refractivity (Wildman–Crippen MR) is 125 cm³/mol. The number of nitrogens with one attached hydrogen (secondary N) is 2. The molecule has 1 saturated carbocycles. The monoisotopic (exact) mass is 454 g/mol. The van der Waals surface area contributed by atoms with Gasteiger partial charge in [0, 0.05) is 17.6 Å². The number of fused-ring (bicyclic) bond motifs is 3. The van der Waals surface area contributed by atoms with Gasteiger partial charge in [0.15, 0.2) is 11.5 Å². The van der Waals surface area contributed by atoms with Gasteiger partial charge in [-0.1, -0.05) is 37.5 Å². The second-order valence-electron chi connectivity index (χ2n) is 9.11. The van der Waals surface area contributed by atoms with E-state index >= 15 is 0 Å². The van der Waals surface area contributed by atoms with Crippen LogP contribution in [0.25, 0.3) is 0 Å². The quantitative estimate of drug-likeness (QED) is 0.563. The number of methoxy groups -OCH3 is 1. The van der Waals surface area contributed by atoms with Gasteiger partial charge >= 0.3 is 0 Å². The second kappa shape index (κ2) is 8.45. The maximum atomic E-state index is 13.1. The van der Waals surface area contributed by atoms with E-state index in [9.17, 15) is 13.5 Å². The SMILES string of the molecule is COc1cc(C2Nc3ccc(S(=O)(=O)NC4CCCCC4)cc3C3C=CCC32)ccc1O. The van der Waals surface area contributed by atoms with Crippen LogP contribution < -0.4 is 14.8 Å². The Kier molecular flexibility index (Phi) is 5.63. The first-order chi connectivity index (χ1) is 15.5. The van der Waals surface area contributed by atoms with Crippen LogP contribution >= 0.6 is 0 Å². The van der Waals surface area contributed by atoms with Crippen molar-refractivity contribution in [1.82, 2.24) is 4.72 Å². The van der Waals surface area contributed by atoms with Crippen molar-refractivity contribution in [2.75, 3.05) is 12.4 Å². The van der Waals surface area contributed by atoms with E-state index in [4.69, 9.17) is 4.74 Å². The molecule has 3 aliphatic rings. The lowest BCUT2D eigenvalue weighted by molar-refractivity contribution is 0.370. The first-order valence-electron chi connectivity index (χ1n) is 11.4. The number of hydrogen-bond acceptors (Lipinski definition) is 5. The molecule has 170 valence electrons. The fourth-order valence-corrected chi connectivity index (χ4v) is 6.81. The van der Waals surface area contributed by atoms with Crippen LogP contribution in [0, 0.1) is 5.92 Å². The molecule has 3 atom stereocenters. The molecule has 1 heterocycles. The summed E-state index contributed by atoms with van der Waals surface area (Å²) in [4.78, 5) is 0.340. The zero-order chi connectivity index (χ0) is 22.3. The number of hydrogen-bond donors (Lipinski definition) is 3. The Morgan fingerprint density at radius 3 is 2.69 bits per heavy atom. The maximum Gasteiger partial charge on any atom is 0.240 e. The Labute approximate surface area is 189 Å². The van der Waals surface area contributed by atoms with Gasteiger partial charge in [-0.15, -0.1) is 0 Å². The topological polar surface area (TPSA) is 87.7 Å². The molecule has 5 rings (SSSR count). The zero-order valence-corrected chi connectivity index (χ0v) is 19.1. The summed E-state index contributed by atoms with van der Waals surface area (Å²) < 4.78 is 34.4. The molecule has 1 aliphatic heterocycles. The number of benzene rings is 2. The predicted octanol–water partition coefficient (Wildman–Crippen LogP) is 4.84. The van der Waals surface area contributed by atoms with Crippen LogP contribution in [0.1, 0.15) is 61.6 Å². The molecule has 3 unspecified atom stereocenters. The van der Waals surface area contributed by atoms with Crippen molar-refractivity contribution >= 4 is 15.7 Å². The first-order valence-corrected chi connectivity index (χ1v) is 12.9. The molecule has 2 aromatic carbocycles. The number of aromatic hydroxyl groups is 1. The van der Waals surface area contributed by atoms with E-state index in [-0.39, 0.29) is 29.7 Å². The van der Waals surface area contributed by atoms with Crippen molar-refractivity contribution in [1.29, 1.82) is 0 Å². The van der Waals surface area contributed by atoms with E-state index in [2.05, 4.69) is 22.2 Å². The molecule has 7 heteroatoms. The standard InChI is InChI=1S/C25H30N2O4S/c1-31-24-14-16(10-13-23(24)28)25-20-9-5-8-19(20)21-15-18(11-12-22(21)26-25)32(29,30)27-17-6-3-2-4-7-17/h5,8,10-15,17,19-20,25-28H,2-4,6-7,9H2,1H3. The number of phenolic OH excluding ortho intramolecular Hbond substituents is 1. The summed E-state index contributed by atoms with van der Waals surface area (Å²) in [6, 6.07) is 11.0. The Morgan fingerprint density at radius 2 is 1.91 bits per heavy atom. The molecule has 0 aromatic heterocycles. The van der Waals surface area contributed by atoms with Gasteiger partial charge in [0.1, 0.15) is 0 Å². The van der Waals surface area contributed by atoms with Crippen LogP contribution in [0.5, 0.6) is 11.5 Å². The van der Waals surface area contributed by atoms with Crippen LogP contribution in [0.15, 0.2) is 53.4 Å². The van der Waals surface area contributed by atoms with E-state index in [1.807, 2.05) is 24.3 Å². The molecule has 3 N–H and O–H groups in total. The zero-order valence-electron chi connectivity index (χ0n) is 18.3. The summed E-state index contributed by atoms with van der Waals surface area (Å²) in [5.41, 5.74) is 3.02. The van der Waals surface area contributed by atoms with Crippen LogP contribution in [0.4, 0.5) is 5.69 Å². The summed E-state index contributed by atoms with van der Waals surface area (Å²) in [7, 11) is -2.00. The van der Waals surface area contributed by atoms with Crippen molar-refractivity contribution < 1.29 is 18.3 Å². The highest BCUT2D eigenvalue weighted by atomic mass is 32.2. The molecule has 0 amide bonds. The third kappa shape index (κ3) is 3.88. The largest absolute Gasteiger partial charge is 0.504 e. The van der Waals surface area contributed by atoms with Gasteiger partial charge in [-0.3, -0.25) is 0 Å². The molecule has 32 heavy (non-hydrogen) atoms. The molecule has 0 spiro atoms. The van der Waals surface area contributed by atoms with E-state index in [0.29, 0.717) is 10.6 Å².